The van der Waals surface area contributed by atoms with Crippen molar-refractivity contribution >= 4 is 82.1 Å². The molecule has 25 heteroatoms. The zero-order chi connectivity index (χ0) is 86.7. The Morgan fingerprint density at radius 1 is 0.521 bits per heavy atom. The van der Waals surface area contributed by atoms with Crippen LogP contribution in [0.3, 0.4) is 0 Å². The minimum Gasteiger partial charge on any atom is -0.393 e. The number of hydrogen-bond donors (Lipinski definition) is 7. The van der Waals surface area contributed by atoms with Gasteiger partial charge in [0.25, 0.3) is 35.4 Å². The number of thiazole rings is 1. The Kier molecular flexibility index (Phi) is 27.6. The van der Waals surface area contributed by atoms with Gasteiger partial charge in [-0.1, -0.05) is 183 Å². The van der Waals surface area contributed by atoms with Crippen LogP contribution in [0.1, 0.15) is 285 Å². The number of aliphatic hydroxyl groups is 1. The van der Waals surface area contributed by atoms with Crippen molar-refractivity contribution < 1.29 is 62.6 Å². The first-order valence-corrected chi connectivity index (χ1v) is 42.2. The maximum Gasteiger partial charge on any atom is 0.262 e. The number of Topliss-reactive ketones (excluding diaryl/α,β-unsaturated/α-hetero) is 1. The summed E-state index contributed by atoms with van der Waals surface area (Å²) >= 11 is 1.61. The summed E-state index contributed by atoms with van der Waals surface area (Å²) in [5.41, 5.74) is 16.9. The second-order valence-corrected chi connectivity index (χ2v) is 35.8. The molecule has 1 aliphatic carbocycles. The zero-order valence-electron chi connectivity index (χ0n) is 70.8. The Morgan fingerprint density at radius 3 is 1.48 bits per heavy atom. The summed E-state index contributed by atoms with van der Waals surface area (Å²) in [6.45, 7) is 45.1. The number of imide groups is 2. The summed E-state index contributed by atoms with van der Waals surface area (Å²) in [5.74, 6) is -2.40. The quantitative estimate of drug-likeness (QED) is 0.0443. The second kappa shape index (κ2) is 37.0. The monoisotopic (exact) mass is 1640 g/mol. The van der Waals surface area contributed by atoms with E-state index >= 15 is 0 Å². The smallest absolute Gasteiger partial charge is 0.262 e. The molecule has 6 aromatic rings. The molecular formula is C94H113N11O13S. The normalized spacial score (nSPS) is 21.7. The molecule has 8 aliphatic heterocycles. The number of rotatable bonds is 16. The molecule has 9 aliphatic rings. The summed E-state index contributed by atoms with van der Waals surface area (Å²) in [6, 6.07) is 28.1. The summed E-state index contributed by atoms with van der Waals surface area (Å²) < 4.78 is 0. The highest BCUT2D eigenvalue weighted by Gasteiger charge is 2.49. The fourth-order valence-corrected chi connectivity index (χ4v) is 17.7. The maximum absolute atomic E-state index is 13.5. The van der Waals surface area contributed by atoms with Crippen LogP contribution in [0.5, 0.6) is 0 Å². The summed E-state index contributed by atoms with van der Waals surface area (Å²) in [6.07, 6.45) is 4.79. The fourth-order valence-electron chi connectivity index (χ4n) is 16.9. The molecular weight excluding hydrogens is 1520 g/mol. The number of fused-ring (bicyclic) bond motifs is 4. The minimum atomic E-state index is -0.752. The molecule has 4 saturated heterocycles. The van der Waals surface area contributed by atoms with E-state index in [9.17, 15) is 62.6 Å². The van der Waals surface area contributed by atoms with Crippen molar-refractivity contribution in [2.75, 3.05) is 0 Å². The van der Waals surface area contributed by atoms with Gasteiger partial charge in [-0.15, -0.1) is 11.3 Å². The highest BCUT2D eigenvalue weighted by atomic mass is 32.1. The highest BCUT2D eigenvalue weighted by Crippen LogP contribution is 2.40. The number of hydrogen-bond acceptors (Lipinski definition) is 16. The van der Waals surface area contributed by atoms with E-state index in [2.05, 4.69) is 103 Å². The molecule has 9 heterocycles. The van der Waals surface area contributed by atoms with E-state index in [1.165, 1.54) is 11.1 Å². The van der Waals surface area contributed by atoms with Crippen molar-refractivity contribution in [2.45, 2.75) is 247 Å². The average molecular weight is 1640 g/mol. The minimum absolute atomic E-state index is 0.0252. The van der Waals surface area contributed by atoms with E-state index in [1.807, 2.05) is 135 Å². The van der Waals surface area contributed by atoms with Crippen molar-refractivity contribution in [1.29, 1.82) is 0 Å². The molecule has 8 atom stereocenters. The van der Waals surface area contributed by atoms with Crippen LogP contribution in [0, 0.1) is 24.2 Å². The van der Waals surface area contributed by atoms with Crippen molar-refractivity contribution in [3.63, 3.8) is 0 Å². The first-order chi connectivity index (χ1) is 56.2. The van der Waals surface area contributed by atoms with Crippen LogP contribution in [0.15, 0.2) is 152 Å². The SMILES string of the molecule is C=C1CCC(N2C(=O)c3ccc(C(C)C)cc3C2=O)C(=O)N1.C=C1CCC(N2C(=O)c3cccc(C(C)C)c3C2=O)C(=O)N1.C=C1CCC(N2Cc3c(cccc3C(C)C)C2=O)C(=O)N1.C=C1CCC(N2Cc3cc(C(C)C)ccc3C2=O)C(=O)N1.Cc1ncsc1-c1ccc(CNC(=O)[C@@H]2C[C@@H](O)CC2C(=O)[C@@H](NC(C)C)C(C)(C)C)cc1. The molecule has 7 N–H and O–H groups in total. The average Bonchev–Trinajstić information content (AvgIpc) is 1.73. The summed E-state index contributed by atoms with van der Waals surface area (Å²) in [4.78, 5) is 162. The van der Waals surface area contributed by atoms with Crippen molar-refractivity contribution in [3.8, 4) is 10.4 Å². The molecule has 24 nitrogen and oxygen atoms in total. The molecule has 0 spiro atoms. The van der Waals surface area contributed by atoms with Crippen LogP contribution in [0.25, 0.3) is 10.4 Å². The molecule has 15 rings (SSSR count). The number of piperidine rings is 4. The number of aliphatic hydroxyl groups excluding tert-OH is 1. The van der Waals surface area contributed by atoms with E-state index in [-0.39, 0.29) is 112 Å². The van der Waals surface area contributed by atoms with Crippen molar-refractivity contribution in [3.05, 3.63) is 230 Å². The molecule has 1 saturated carbocycles. The molecule has 0 bridgehead atoms. The third kappa shape index (κ3) is 19.4. The predicted octanol–water partition coefficient (Wildman–Crippen LogP) is 13.6. The van der Waals surface area contributed by atoms with Crippen LogP contribution in [0.4, 0.5) is 0 Å². The Bertz CT molecular complexity index is 5080. The van der Waals surface area contributed by atoms with E-state index in [0.717, 1.165) is 89.1 Å². The first kappa shape index (κ1) is 88.7. The highest BCUT2D eigenvalue weighted by molar-refractivity contribution is 7.13. The van der Waals surface area contributed by atoms with Gasteiger partial charge in [0.15, 0.2) is 5.78 Å². The van der Waals surface area contributed by atoms with Crippen LogP contribution in [0.2, 0.25) is 0 Å². The zero-order valence-corrected chi connectivity index (χ0v) is 71.6. The van der Waals surface area contributed by atoms with Crippen molar-refractivity contribution in [2.24, 2.45) is 17.3 Å². The van der Waals surface area contributed by atoms with Gasteiger partial charge in [-0.25, -0.2) is 4.98 Å². The molecule has 5 aromatic carbocycles. The largest absolute Gasteiger partial charge is 0.393 e. The molecule has 119 heavy (non-hydrogen) atoms. The third-order valence-corrected chi connectivity index (χ3v) is 24.5. The Hall–Kier alpha value is -11.2. The lowest BCUT2D eigenvalue weighted by Gasteiger charge is -2.34. The lowest BCUT2D eigenvalue weighted by Crippen LogP contribution is -2.52. The number of allylic oxidation sites excluding steroid dienone is 4. The lowest BCUT2D eigenvalue weighted by molar-refractivity contribution is -0.135. The standard InChI is InChI=1S/C26H37N3O3S.2C17H18N2O3.2C17H20N2O2/c1-15(2)29-24(26(4,5)6)22(31)20-11-19(30)12-21(20)25(32)27-13-17-7-9-18(10-8-17)23-16(3)28-14-33-23;1-9(2)11-5-6-12-13(8-11)17(22)19(16(12)21)14-7-4-10(3)18-15(14)20;1-9(2)11-5-4-6-12-14(11)17(22)19(16(12)21)13-8-7-10(3)18-15(13)20;1-10(2)12-5-6-14-13(8-12)9-19(17(14)21)15-7-4-11(3)18-16(15)20;1-10(2)12-5-4-6-13-14(12)9-19(17(13)21)15-8-7-11(3)18-16(15)20/h7-10,14-15,19-21,24,29-30H,11-13H2,1-6H3,(H,27,32);5-6,8-9,14H,3-4,7H2,1-2H3,(H,18,20);4-6,9,13H,3,7-8H2,1-2H3,(H,18,20);5-6,8,10,15H,3-4,7,9H2,1-2H3,(H,18,20);4-6,10,15H,3,7-9H2,1-2H3,(H,18,20)/t19-,20?,21+,24+;;;;/m0..../s1. The lowest BCUT2D eigenvalue weighted by atomic mass is 9.77. The van der Waals surface area contributed by atoms with Crippen molar-refractivity contribution in [1.82, 2.24) is 56.5 Å². The van der Waals surface area contributed by atoms with Crippen LogP contribution < -0.4 is 31.9 Å². The summed E-state index contributed by atoms with van der Waals surface area (Å²) in [7, 11) is 0. The third-order valence-electron chi connectivity index (χ3n) is 23.5. The molecule has 5 unspecified atom stereocenters. The first-order valence-electron chi connectivity index (χ1n) is 41.3. The Labute approximate surface area is 701 Å². The van der Waals surface area contributed by atoms with Gasteiger partial charge in [0.05, 0.1) is 56.4 Å². The Morgan fingerprint density at radius 2 is 0.983 bits per heavy atom. The van der Waals surface area contributed by atoms with Crippen LogP contribution in [-0.2, 0) is 48.4 Å². The van der Waals surface area contributed by atoms with Gasteiger partial charge in [0.1, 0.15) is 24.2 Å². The number of carbonyl (C=O) groups excluding carboxylic acids is 12. The molecule has 1 aromatic heterocycles. The van der Waals surface area contributed by atoms with Gasteiger partial charge in [0, 0.05) is 65.5 Å². The van der Waals surface area contributed by atoms with E-state index in [1.54, 1.807) is 45.4 Å². The number of benzene rings is 5. The van der Waals surface area contributed by atoms with E-state index in [4.69, 9.17) is 0 Å². The van der Waals surface area contributed by atoms with Gasteiger partial charge in [-0.2, -0.15) is 0 Å². The Balaban J connectivity index is 0.000000147. The van der Waals surface area contributed by atoms with Crippen LogP contribution in [-0.4, -0.2) is 143 Å². The number of amides is 11. The number of ketones is 1. The van der Waals surface area contributed by atoms with Gasteiger partial charge >= 0.3 is 0 Å². The molecule has 5 fully saturated rings. The van der Waals surface area contributed by atoms with Crippen LogP contribution >= 0.6 is 11.3 Å². The number of aryl methyl sites for hydroxylation is 1. The number of aromatic nitrogens is 1. The van der Waals surface area contributed by atoms with Gasteiger partial charge in [-0.05, 0) is 175 Å². The fraction of sp³-hybridized carbons (Fsp3) is 0.436. The number of nitrogens with zero attached hydrogens (tertiary/aromatic N) is 5. The maximum atomic E-state index is 13.5. The van der Waals surface area contributed by atoms with E-state index < -0.39 is 30.0 Å². The number of carbonyl (C=O) groups is 12. The predicted molar refractivity (Wildman–Crippen MR) is 457 cm³/mol. The summed E-state index contributed by atoms with van der Waals surface area (Å²) in [5, 5.41) is 27.5. The number of nitrogens with one attached hydrogen (secondary N) is 6. The molecule has 11 amide bonds. The van der Waals surface area contributed by atoms with Gasteiger partial charge in [-0.3, -0.25) is 67.3 Å². The van der Waals surface area contributed by atoms with E-state index in [0.29, 0.717) is 116 Å². The topological polar surface area (TPSA) is 323 Å². The molecule has 628 valence electrons. The second-order valence-electron chi connectivity index (χ2n) is 34.9. The molecule has 0 radical (unpaired) electrons. The van der Waals surface area contributed by atoms with Gasteiger partial charge < -0.3 is 46.8 Å². The van der Waals surface area contributed by atoms with Gasteiger partial charge in [0.2, 0.25) is 29.5 Å².